The van der Waals surface area contributed by atoms with Gasteiger partial charge in [0.15, 0.2) is 5.78 Å². The number of phenolic OH excluding ortho intramolecular Hbond substituents is 2. The first-order valence-electron chi connectivity index (χ1n) is 6.80. The largest absolute Gasteiger partial charge is 0.507 e. The summed E-state index contributed by atoms with van der Waals surface area (Å²) in [5.41, 5.74) is 2.25. The molecule has 0 atom stereocenters. The third-order valence-electron chi connectivity index (χ3n) is 4.12. The van der Waals surface area contributed by atoms with Gasteiger partial charge in [-0.3, -0.25) is 4.79 Å². The first-order chi connectivity index (χ1) is 9.91. The average Bonchev–Trinajstić information content (AvgIpc) is 2.43. The molecule has 0 aliphatic heterocycles. The van der Waals surface area contributed by atoms with E-state index in [0.717, 1.165) is 27.3 Å². The maximum absolute atomic E-state index is 11.6. The monoisotopic (exact) mass is 280 g/mol. The van der Waals surface area contributed by atoms with E-state index in [9.17, 15) is 15.0 Å². The molecule has 0 radical (unpaired) electrons. The van der Waals surface area contributed by atoms with Crippen molar-refractivity contribution in [2.45, 2.75) is 20.8 Å². The minimum Gasteiger partial charge on any atom is -0.507 e. The van der Waals surface area contributed by atoms with Crippen LogP contribution < -0.4 is 0 Å². The molecule has 3 nitrogen and oxygen atoms in total. The molecule has 0 spiro atoms. The molecule has 3 aromatic rings. The van der Waals surface area contributed by atoms with Crippen molar-refractivity contribution in [3.05, 3.63) is 47.0 Å². The molecule has 106 valence electrons. The molecule has 0 saturated carbocycles. The maximum atomic E-state index is 11.6. The van der Waals surface area contributed by atoms with E-state index in [0.29, 0.717) is 10.9 Å². The summed E-state index contributed by atoms with van der Waals surface area (Å²) in [6, 6.07) is 8.67. The smallest absolute Gasteiger partial charge is 0.159 e. The van der Waals surface area contributed by atoms with Crippen molar-refractivity contribution in [2.75, 3.05) is 0 Å². The average molecular weight is 280 g/mol. The molecule has 0 fully saturated rings. The molecule has 0 aliphatic rings. The molecule has 0 bridgehead atoms. The van der Waals surface area contributed by atoms with Crippen LogP contribution in [0.25, 0.3) is 21.5 Å². The van der Waals surface area contributed by atoms with Crippen LogP contribution in [0.15, 0.2) is 30.3 Å². The van der Waals surface area contributed by atoms with Gasteiger partial charge in [-0.05, 0) is 60.9 Å². The molecule has 0 amide bonds. The van der Waals surface area contributed by atoms with Crippen LogP contribution >= 0.6 is 0 Å². The quantitative estimate of drug-likeness (QED) is 0.518. The fraction of sp³-hybridized carbons (Fsp3) is 0.167. The van der Waals surface area contributed by atoms with Gasteiger partial charge in [0.2, 0.25) is 0 Å². The molecule has 0 saturated heterocycles. The highest BCUT2D eigenvalue weighted by Crippen LogP contribution is 2.40. The fourth-order valence-electron chi connectivity index (χ4n) is 3.04. The van der Waals surface area contributed by atoms with Gasteiger partial charge in [0.1, 0.15) is 11.5 Å². The zero-order valence-electron chi connectivity index (χ0n) is 12.2. The molecular weight excluding hydrogens is 264 g/mol. The zero-order chi connectivity index (χ0) is 15.3. The van der Waals surface area contributed by atoms with Gasteiger partial charge in [-0.15, -0.1) is 0 Å². The summed E-state index contributed by atoms with van der Waals surface area (Å²) in [6.45, 7) is 5.29. The first-order valence-corrected chi connectivity index (χ1v) is 6.80. The van der Waals surface area contributed by atoms with Gasteiger partial charge in [0, 0.05) is 16.3 Å². The van der Waals surface area contributed by atoms with Gasteiger partial charge in [-0.2, -0.15) is 0 Å². The number of hydrogen-bond donors (Lipinski definition) is 2. The van der Waals surface area contributed by atoms with Crippen molar-refractivity contribution in [3.8, 4) is 11.5 Å². The summed E-state index contributed by atoms with van der Waals surface area (Å²) in [4.78, 5) is 11.6. The second-order valence-electron chi connectivity index (χ2n) is 5.42. The Morgan fingerprint density at radius 1 is 0.905 bits per heavy atom. The fourth-order valence-corrected chi connectivity index (χ4v) is 3.04. The number of fused-ring (bicyclic) bond motifs is 2. The Morgan fingerprint density at radius 2 is 1.57 bits per heavy atom. The number of aromatic hydroxyl groups is 2. The highest BCUT2D eigenvalue weighted by molar-refractivity contribution is 6.11. The van der Waals surface area contributed by atoms with Crippen molar-refractivity contribution in [2.24, 2.45) is 0 Å². The summed E-state index contributed by atoms with van der Waals surface area (Å²) >= 11 is 0. The number of rotatable bonds is 1. The van der Waals surface area contributed by atoms with Crippen molar-refractivity contribution in [1.82, 2.24) is 0 Å². The van der Waals surface area contributed by atoms with E-state index in [1.165, 1.54) is 13.0 Å². The number of ketones is 1. The number of carbonyl (C=O) groups is 1. The highest BCUT2D eigenvalue weighted by Gasteiger charge is 2.16. The summed E-state index contributed by atoms with van der Waals surface area (Å²) in [6.07, 6.45) is 0. The molecule has 3 heteroatoms. The van der Waals surface area contributed by atoms with Crippen LogP contribution in [0.3, 0.4) is 0 Å². The second kappa shape index (κ2) is 4.48. The first kappa shape index (κ1) is 13.4. The van der Waals surface area contributed by atoms with Crippen molar-refractivity contribution in [1.29, 1.82) is 0 Å². The summed E-state index contributed by atoms with van der Waals surface area (Å²) in [7, 11) is 0. The van der Waals surface area contributed by atoms with Crippen LogP contribution in [0.1, 0.15) is 28.4 Å². The Balaban J connectivity index is 2.62. The lowest BCUT2D eigenvalue weighted by Crippen LogP contribution is -1.95. The molecule has 0 aliphatic carbocycles. The lowest BCUT2D eigenvalue weighted by atomic mass is 9.90. The van der Waals surface area contributed by atoms with E-state index in [1.807, 2.05) is 26.0 Å². The Hall–Kier alpha value is -2.55. The number of benzene rings is 3. The minimum atomic E-state index is -0.0831. The normalized spacial score (nSPS) is 11.2. The van der Waals surface area contributed by atoms with E-state index >= 15 is 0 Å². The third kappa shape index (κ3) is 1.85. The number of carbonyl (C=O) groups excluding carboxylic acids is 1. The molecule has 0 aromatic heterocycles. The van der Waals surface area contributed by atoms with Crippen molar-refractivity contribution >= 4 is 27.3 Å². The van der Waals surface area contributed by atoms with E-state index in [2.05, 4.69) is 0 Å². The topological polar surface area (TPSA) is 57.5 Å². The SMILES string of the molecule is CC(=O)c1cc(O)c2c(C)c3c(O)cccc3c(C)c2c1. The Kier molecular flexibility index (Phi) is 2.87. The number of hydrogen-bond acceptors (Lipinski definition) is 3. The zero-order valence-corrected chi connectivity index (χ0v) is 12.2. The third-order valence-corrected chi connectivity index (χ3v) is 4.12. The number of Topliss-reactive ketones (excluding diaryl/α,β-unsaturated/α-hetero) is 1. The van der Waals surface area contributed by atoms with Crippen molar-refractivity contribution < 1.29 is 15.0 Å². The second-order valence-corrected chi connectivity index (χ2v) is 5.42. The van der Waals surface area contributed by atoms with E-state index < -0.39 is 0 Å². The molecule has 0 unspecified atom stereocenters. The number of phenols is 2. The van der Waals surface area contributed by atoms with Gasteiger partial charge in [0.25, 0.3) is 0 Å². The maximum Gasteiger partial charge on any atom is 0.159 e. The summed E-state index contributed by atoms with van der Waals surface area (Å²) in [5, 5.41) is 23.7. The number of aryl methyl sites for hydroxylation is 2. The van der Waals surface area contributed by atoms with Crippen LogP contribution in [-0.4, -0.2) is 16.0 Å². The van der Waals surface area contributed by atoms with Crippen LogP contribution in [0.4, 0.5) is 0 Å². The highest BCUT2D eigenvalue weighted by atomic mass is 16.3. The van der Waals surface area contributed by atoms with Crippen LogP contribution in [0.5, 0.6) is 11.5 Å². The van der Waals surface area contributed by atoms with Crippen molar-refractivity contribution in [3.63, 3.8) is 0 Å². The molecule has 3 rings (SSSR count). The van der Waals surface area contributed by atoms with E-state index in [4.69, 9.17) is 0 Å². The van der Waals surface area contributed by atoms with Gasteiger partial charge in [0.05, 0.1) is 0 Å². The van der Waals surface area contributed by atoms with Gasteiger partial charge in [-0.25, -0.2) is 0 Å². The Labute approximate surface area is 122 Å². The standard InChI is InChI=1S/C18H16O3/c1-9-13-5-4-6-15(20)17(13)10(2)18-14(9)7-12(11(3)19)8-16(18)21/h4-8,20-21H,1-3H3. The molecule has 21 heavy (non-hydrogen) atoms. The summed E-state index contributed by atoms with van der Waals surface area (Å²) in [5.74, 6) is 0.189. The predicted molar refractivity (Wildman–Crippen MR) is 84.3 cm³/mol. The van der Waals surface area contributed by atoms with Gasteiger partial charge >= 0.3 is 0 Å². The van der Waals surface area contributed by atoms with Crippen LogP contribution in [-0.2, 0) is 0 Å². The molecule has 2 N–H and O–H groups in total. The minimum absolute atomic E-state index is 0.0726. The lowest BCUT2D eigenvalue weighted by Gasteiger charge is -2.15. The molecular formula is C18H16O3. The predicted octanol–water partition coefficient (Wildman–Crippen LogP) is 4.22. The Morgan fingerprint density at radius 3 is 2.24 bits per heavy atom. The van der Waals surface area contributed by atoms with Crippen LogP contribution in [0.2, 0.25) is 0 Å². The van der Waals surface area contributed by atoms with Gasteiger partial charge in [-0.1, -0.05) is 12.1 Å². The molecule has 0 heterocycles. The van der Waals surface area contributed by atoms with E-state index in [1.54, 1.807) is 12.1 Å². The van der Waals surface area contributed by atoms with Gasteiger partial charge < -0.3 is 10.2 Å². The summed E-state index contributed by atoms with van der Waals surface area (Å²) < 4.78 is 0. The Bertz CT molecular complexity index is 908. The van der Waals surface area contributed by atoms with Crippen LogP contribution in [0, 0.1) is 13.8 Å². The van der Waals surface area contributed by atoms with E-state index in [-0.39, 0.29) is 17.3 Å². The molecule has 3 aromatic carbocycles. The lowest BCUT2D eigenvalue weighted by molar-refractivity contribution is 0.101.